The van der Waals surface area contributed by atoms with Gasteiger partial charge in [-0.15, -0.1) is 0 Å². The van der Waals surface area contributed by atoms with Gasteiger partial charge in [-0.05, 0) is 47.1 Å². The number of pyridine rings is 1. The monoisotopic (exact) mass is 359 g/mol. The van der Waals surface area contributed by atoms with Crippen LogP contribution in [0.1, 0.15) is 29.3 Å². The van der Waals surface area contributed by atoms with E-state index in [2.05, 4.69) is 25.9 Å². The van der Waals surface area contributed by atoms with Crippen molar-refractivity contribution in [2.45, 2.75) is 13.0 Å². The number of imidazole rings is 1. The van der Waals surface area contributed by atoms with E-state index in [1.807, 2.05) is 35.9 Å². The van der Waals surface area contributed by atoms with Gasteiger partial charge in [0.1, 0.15) is 0 Å². The number of carbonyl (C=O) groups excluding carboxylic acids is 1. The van der Waals surface area contributed by atoms with Crippen LogP contribution in [0, 0.1) is 0 Å². The van der Waals surface area contributed by atoms with Gasteiger partial charge in [0.15, 0.2) is 17.6 Å². The quantitative estimate of drug-likeness (QED) is 0.669. The number of aryl methyl sites for hydroxylation is 1. The highest BCUT2D eigenvalue weighted by molar-refractivity contribution is 9.10. The number of ether oxygens (including phenoxy) is 1. The van der Waals surface area contributed by atoms with Crippen molar-refractivity contribution in [3.05, 3.63) is 58.6 Å². The van der Waals surface area contributed by atoms with E-state index in [1.54, 1.807) is 25.3 Å². The van der Waals surface area contributed by atoms with Gasteiger partial charge in [0.2, 0.25) is 0 Å². The first kappa shape index (κ1) is 14.7. The maximum absolute atomic E-state index is 12.2. The van der Waals surface area contributed by atoms with E-state index in [1.165, 1.54) is 0 Å². The van der Waals surface area contributed by atoms with Gasteiger partial charge >= 0.3 is 5.97 Å². The minimum Gasteiger partial charge on any atom is -0.450 e. The van der Waals surface area contributed by atoms with E-state index in [-0.39, 0.29) is 5.69 Å². The molecule has 0 fully saturated rings. The number of nitrogens with zero attached hydrogens (tertiary/aromatic N) is 3. The second-order valence-corrected chi connectivity index (χ2v) is 5.75. The minimum absolute atomic E-state index is 0.258. The third-order valence-corrected chi connectivity index (χ3v) is 4.06. The first-order chi connectivity index (χ1) is 10.6. The van der Waals surface area contributed by atoms with E-state index >= 15 is 0 Å². The van der Waals surface area contributed by atoms with Crippen molar-refractivity contribution in [3.63, 3.8) is 0 Å². The summed E-state index contributed by atoms with van der Waals surface area (Å²) in [7, 11) is 1.91. The highest BCUT2D eigenvalue weighted by Gasteiger charge is 2.21. The molecule has 1 atom stereocenters. The van der Waals surface area contributed by atoms with Crippen LogP contribution in [-0.4, -0.2) is 20.5 Å². The lowest BCUT2D eigenvalue weighted by Crippen LogP contribution is -2.14. The van der Waals surface area contributed by atoms with Crippen LogP contribution in [-0.2, 0) is 11.8 Å². The first-order valence-electron chi connectivity index (χ1n) is 6.81. The number of para-hydroxylation sites is 2. The fraction of sp³-hybridized carbons (Fsp3) is 0.188. The average molecular weight is 360 g/mol. The van der Waals surface area contributed by atoms with Gasteiger partial charge in [0, 0.05) is 13.2 Å². The van der Waals surface area contributed by atoms with Crippen LogP contribution >= 0.6 is 15.9 Å². The van der Waals surface area contributed by atoms with E-state index in [0.29, 0.717) is 10.3 Å². The average Bonchev–Trinajstić information content (AvgIpc) is 2.85. The summed E-state index contributed by atoms with van der Waals surface area (Å²) in [6.07, 6.45) is 1.08. The minimum atomic E-state index is -0.480. The van der Waals surface area contributed by atoms with Crippen LogP contribution in [0.15, 0.2) is 47.1 Å². The number of halogens is 1. The molecule has 0 radical (unpaired) electrons. The summed E-state index contributed by atoms with van der Waals surface area (Å²) in [5.41, 5.74) is 2.13. The topological polar surface area (TPSA) is 57.0 Å². The van der Waals surface area contributed by atoms with Gasteiger partial charge in [-0.3, -0.25) is 0 Å². The van der Waals surface area contributed by atoms with Gasteiger partial charge in [-0.2, -0.15) is 0 Å². The van der Waals surface area contributed by atoms with Crippen LogP contribution in [0.2, 0.25) is 0 Å². The summed E-state index contributed by atoms with van der Waals surface area (Å²) in [6.45, 7) is 1.80. The Morgan fingerprint density at radius 1 is 1.27 bits per heavy atom. The summed E-state index contributed by atoms with van der Waals surface area (Å²) < 4.78 is 8.04. The molecule has 2 aromatic heterocycles. The Bertz CT molecular complexity index is 844. The second kappa shape index (κ2) is 5.88. The molecule has 0 aliphatic heterocycles. The standard InChI is InChI=1S/C16H14BrN3O2/c1-10(22-16(21)14-11(17)6-5-9-18-14)15-19-12-7-3-4-8-13(12)20(15)2/h3-10H,1-2H3. The van der Waals surface area contributed by atoms with E-state index in [9.17, 15) is 4.79 Å². The summed E-state index contributed by atoms with van der Waals surface area (Å²) in [5, 5.41) is 0. The molecule has 1 unspecified atom stereocenters. The summed E-state index contributed by atoms with van der Waals surface area (Å²) in [6, 6.07) is 11.3. The molecule has 0 saturated heterocycles. The Morgan fingerprint density at radius 3 is 2.77 bits per heavy atom. The predicted octanol–water partition coefficient (Wildman–Crippen LogP) is 3.65. The SMILES string of the molecule is CC(OC(=O)c1ncccc1Br)c1nc2ccccc2n1C. The van der Waals surface area contributed by atoms with Crippen molar-refractivity contribution in [1.82, 2.24) is 14.5 Å². The molecular weight excluding hydrogens is 346 g/mol. The summed E-state index contributed by atoms with van der Waals surface area (Å²) in [4.78, 5) is 20.8. The zero-order chi connectivity index (χ0) is 15.7. The Morgan fingerprint density at radius 2 is 2.05 bits per heavy atom. The van der Waals surface area contributed by atoms with Crippen LogP contribution in [0.3, 0.4) is 0 Å². The number of benzene rings is 1. The maximum atomic E-state index is 12.2. The Labute approximate surface area is 136 Å². The van der Waals surface area contributed by atoms with Gasteiger partial charge < -0.3 is 9.30 Å². The number of aromatic nitrogens is 3. The van der Waals surface area contributed by atoms with Crippen molar-refractivity contribution in [3.8, 4) is 0 Å². The zero-order valence-electron chi connectivity index (χ0n) is 12.2. The summed E-state index contributed by atoms with van der Waals surface area (Å²) in [5.74, 6) is 0.216. The van der Waals surface area contributed by atoms with Crippen LogP contribution in [0.4, 0.5) is 0 Å². The molecule has 0 aliphatic carbocycles. The van der Waals surface area contributed by atoms with Crippen molar-refractivity contribution in [2.75, 3.05) is 0 Å². The number of hydrogen-bond acceptors (Lipinski definition) is 4. The van der Waals surface area contributed by atoms with Gasteiger partial charge in [0.25, 0.3) is 0 Å². The number of esters is 1. The van der Waals surface area contributed by atoms with E-state index < -0.39 is 12.1 Å². The Kier molecular flexibility index (Phi) is 3.94. The maximum Gasteiger partial charge on any atom is 0.358 e. The third kappa shape index (κ3) is 2.62. The Hall–Kier alpha value is -2.21. The van der Waals surface area contributed by atoms with Crippen LogP contribution < -0.4 is 0 Å². The number of carbonyl (C=O) groups is 1. The van der Waals surface area contributed by atoms with Crippen LogP contribution in [0.25, 0.3) is 11.0 Å². The van der Waals surface area contributed by atoms with Crippen molar-refractivity contribution < 1.29 is 9.53 Å². The van der Waals surface area contributed by atoms with Gasteiger partial charge in [-0.25, -0.2) is 14.8 Å². The largest absolute Gasteiger partial charge is 0.450 e. The molecule has 22 heavy (non-hydrogen) atoms. The lowest BCUT2D eigenvalue weighted by Gasteiger charge is -2.13. The molecule has 0 amide bonds. The smallest absolute Gasteiger partial charge is 0.358 e. The van der Waals surface area contributed by atoms with Crippen molar-refractivity contribution in [1.29, 1.82) is 0 Å². The van der Waals surface area contributed by atoms with Crippen molar-refractivity contribution >= 4 is 32.9 Å². The second-order valence-electron chi connectivity index (χ2n) is 4.90. The summed E-state index contributed by atoms with van der Waals surface area (Å²) >= 11 is 3.30. The molecular formula is C16H14BrN3O2. The Balaban J connectivity index is 1.87. The fourth-order valence-corrected chi connectivity index (χ4v) is 2.75. The molecule has 0 saturated carbocycles. The molecule has 3 rings (SSSR count). The lowest BCUT2D eigenvalue weighted by atomic mass is 10.3. The lowest BCUT2D eigenvalue weighted by molar-refractivity contribution is 0.0307. The van der Waals surface area contributed by atoms with E-state index in [0.717, 1.165) is 11.0 Å². The highest BCUT2D eigenvalue weighted by atomic mass is 79.9. The fourth-order valence-electron chi connectivity index (χ4n) is 2.33. The third-order valence-electron chi connectivity index (χ3n) is 3.42. The van der Waals surface area contributed by atoms with E-state index in [4.69, 9.17) is 4.74 Å². The van der Waals surface area contributed by atoms with Gasteiger partial charge in [-0.1, -0.05) is 12.1 Å². The molecule has 3 aromatic rings. The van der Waals surface area contributed by atoms with Crippen molar-refractivity contribution in [2.24, 2.45) is 7.05 Å². The number of rotatable bonds is 3. The van der Waals surface area contributed by atoms with Gasteiger partial charge in [0.05, 0.1) is 15.5 Å². The number of hydrogen-bond donors (Lipinski definition) is 0. The molecule has 0 spiro atoms. The zero-order valence-corrected chi connectivity index (χ0v) is 13.7. The molecule has 0 N–H and O–H groups in total. The number of fused-ring (bicyclic) bond motifs is 1. The molecule has 112 valence electrons. The molecule has 0 bridgehead atoms. The molecule has 1 aromatic carbocycles. The molecule has 0 aliphatic rings. The molecule has 5 nitrogen and oxygen atoms in total. The highest BCUT2D eigenvalue weighted by Crippen LogP contribution is 2.23. The predicted molar refractivity (Wildman–Crippen MR) is 86.5 cm³/mol. The molecule has 6 heteroatoms. The normalized spacial score (nSPS) is 12.3. The first-order valence-corrected chi connectivity index (χ1v) is 7.60. The molecule has 2 heterocycles. The van der Waals surface area contributed by atoms with Crippen LogP contribution in [0.5, 0.6) is 0 Å².